The number of aryl methyl sites for hydroxylation is 2. The molecule has 0 N–H and O–H groups in total. The molecule has 8 nitrogen and oxygen atoms in total. The van der Waals surface area contributed by atoms with Gasteiger partial charge in [0, 0.05) is 67.5 Å². The molecule has 0 unspecified atom stereocenters. The first-order chi connectivity index (χ1) is 21.2. The zero-order valence-electron chi connectivity index (χ0n) is 23.7. The molecule has 0 aliphatic heterocycles. The van der Waals surface area contributed by atoms with Crippen LogP contribution in [-0.2, 0) is 24.6 Å². The summed E-state index contributed by atoms with van der Waals surface area (Å²) < 4.78 is 5.96. The molecule has 0 saturated heterocycles. The fourth-order valence-corrected chi connectivity index (χ4v) is 4.07. The molecule has 0 atom stereocenters. The van der Waals surface area contributed by atoms with Crippen molar-refractivity contribution in [1.82, 2.24) is 38.6 Å². The molecule has 0 spiro atoms. The van der Waals surface area contributed by atoms with Gasteiger partial charge in [0.05, 0.1) is 6.33 Å². The maximum atomic E-state index is 4.67. The first-order valence-electron chi connectivity index (χ1n) is 13.3. The van der Waals surface area contributed by atoms with Gasteiger partial charge in [0.15, 0.2) is 11.6 Å². The third-order valence-corrected chi connectivity index (χ3v) is 6.00. The van der Waals surface area contributed by atoms with Crippen LogP contribution in [0, 0.1) is 6.92 Å². The van der Waals surface area contributed by atoms with Crippen molar-refractivity contribution >= 4 is 9.64 Å². The molecule has 217 valence electrons. The Morgan fingerprint density at radius 3 is 1.58 bits per heavy atom. The zero-order valence-corrected chi connectivity index (χ0v) is 27.0. The maximum Gasteiger partial charge on any atom is 0.163 e. The Morgan fingerprint density at radius 2 is 1.12 bits per heavy atom. The van der Waals surface area contributed by atoms with Crippen LogP contribution < -0.4 is 0 Å². The number of hydrogen-bond acceptors (Lipinski definition) is 5. The van der Waals surface area contributed by atoms with Crippen LogP contribution in [0.2, 0.25) is 0 Å². The number of benzene rings is 2. The second-order valence-electron chi connectivity index (χ2n) is 9.02. The van der Waals surface area contributed by atoms with Crippen LogP contribution in [0.25, 0.3) is 34.4 Å². The summed E-state index contributed by atoms with van der Waals surface area (Å²) in [5.41, 5.74) is 4.94. The van der Waals surface area contributed by atoms with Gasteiger partial charge in [0.25, 0.3) is 0 Å². The first kappa shape index (κ1) is 31.2. The molecule has 0 bridgehead atoms. The van der Waals surface area contributed by atoms with E-state index < -0.39 is 0 Å². The summed E-state index contributed by atoms with van der Waals surface area (Å²) in [7, 11) is 6.60. The van der Waals surface area contributed by atoms with Crippen molar-refractivity contribution in [2.24, 2.45) is 7.05 Å². The molecular formula is C33H30ClN8Os. The maximum absolute atomic E-state index is 4.67. The molecule has 43 heavy (non-hydrogen) atoms. The van der Waals surface area contributed by atoms with E-state index in [-0.39, 0.29) is 0 Å². The Morgan fingerprint density at radius 1 is 0.558 bits per heavy atom. The standard InChI is InChI=1S/C15H13N3.C14H11N3.C4H6N2.ClH.Os/c1-12-6-5-9-14(17-12)15-16-10-11-18(15)13-7-3-2-4-8-13;1-2-6-12(7-3-1)17-11-10-16-14(17)13-8-4-5-9-15-13;1-6-3-2-5-4-6;;/h2-11H,1H3;1-11H;2-4H,1H3;1H;/q;;;;+1/p-1. The van der Waals surface area contributed by atoms with E-state index >= 15 is 0 Å². The van der Waals surface area contributed by atoms with E-state index in [1.807, 2.05) is 131 Å². The zero-order chi connectivity index (χ0) is 30.3. The smallest absolute Gasteiger partial charge is 0.163 e. The average Bonchev–Trinajstić information content (AvgIpc) is 3.87. The summed E-state index contributed by atoms with van der Waals surface area (Å²) in [6.07, 6.45) is 14.6. The monoisotopic (exact) mass is 765 g/mol. The molecule has 0 aliphatic carbocycles. The van der Waals surface area contributed by atoms with Gasteiger partial charge in [-0.2, -0.15) is 0 Å². The number of imidazole rings is 3. The van der Waals surface area contributed by atoms with Crippen molar-refractivity contribution in [2.45, 2.75) is 6.92 Å². The molecule has 0 aliphatic rings. The minimum atomic E-state index is 0.858. The van der Waals surface area contributed by atoms with Gasteiger partial charge in [0.2, 0.25) is 0 Å². The van der Waals surface area contributed by atoms with E-state index in [2.05, 4.69) is 46.7 Å². The fraction of sp³-hybridized carbons (Fsp3) is 0.0606. The van der Waals surface area contributed by atoms with Gasteiger partial charge < -0.3 is 4.57 Å². The van der Waals surface area contributed by atoms with Gasteiger partial charge in [-0.25, -0.2) is 19.9 Å². The number of para-hydroxylation sites is 2. The molecule has 0 radical (unpaired) electrons. The van der Waals surface area contributed by atoms with Gasteiger partial charge in [-0.1, -0.05) is 48.5 Å². The Hall–Kier alpha value is -4.70. The minimum absolute atomic E-state index is 0.858. The molecule has 5 aromatic heterocycles. The van der Waals surface area contributed by atoms with Crippen molar-refractivity contribution in [3.8, 4) is 34.4 Å². The Balaban J connectivity index is 0.000000158. The largest absolute Gasteiger partial charge is 0.299 e. The van der Waals surface area contributed by atoms with Crippen LogP contribution >= 0.6 is 9.64 Å². The number of rotatable bonds is 4. The van der Waals surface area contributed by atoms with Crippen molar-refractivity contribution in [3.05, 3.63) is 152 Å². The number of hydrogen-bond donors (Lipinski definition) is 0. The predicted octanol–water partition coefficient (Wildman–Crippen LogP) is 7.28. The molecule has 2 aromatic carbocycles. The molecule has 0 saturated carbocycles. The van der Waals surface area contributed by atoms with Gasteiger partial charge in [-0.05, 0) is 55.5 Å². The number of halogens is 1. The fourth-order valence-electron chi connectivity index (χ4n) is 4.07. The summed E-state index contributed by atoms with van der Waals surface area (Å²) >= 11 is 1.33. The normalized spacial score (nSPS) is 9.86. The van der Waals surface area contributed by atoms with Crippen LogP contribution in [0.3, 0.4) is 0 Å². The summed E-state index contributed by atoms with van der Waals surface area (Å²) in [6.45, 7) is 1.99. The third-order valence-electron chi connectivity index (χ3n) is 6.00. The van der Waals surface area contributed by atoms with E-state index in [1.165, 1.54) is 17.6 Å². The first-order valence-corrected chi connectivity index (χ1v) is 16.4. The van der Waals surface area contributed by atoms with E-state index in [4.69, 9.17) is 0 Å². The summed E-state index contributed by atoms with van der Waals surface area (Å²) in [5, 5.41) is 0. The van der Waals surface area contributed by atoms with Crippen LogP contribution in [0.15, 0.2) is 147 Å². The van der Waals surface area contributed by atoms with E-state index in [1.54, 1.807) is 31.1 Å². The average molecular weight is 764 g/mol. The minimum Gasteiger partial charge on any atom is -0.299 e. The Bertz CT molecular complexity index is 1700. The van der Waals surface area contributed by atoms with Crippen LogP contribution in [0.4, 0.5) is 0 Å². The molecule has 0 fully saturated rings. The van der Waals surface area contributed by atoms with Crippen LogP contribution in [0.5, 0.6) is 0 Å². The molecule has 7 aromatic rings. The van der Waals surface area contributed by atoms with Crippen LogP contribution in [0.1, 0.15) is 5.69 Å². The molecule has 0 amide bonds. The van der Waals surface area contributed by atoms with Crippen LogP contribution in [-0.4, -0.2) is 38.6 Å². The topological polar surface area (TPSA) is 79.2 Å². The van der Waals surface area contributed by atoms with E-state index in [9.17, 15) is 0 Å². The number of nitrogens with zero attached hydrogens (tertiary/aromatic N) is 8. The van der Waals surface area contributed by atoms with Crippen molar-refractivity contribution in [3.63, 3.8) is 0 Å². The summed E-state index contributed by atoms with van der Waals surface area (Å²) in [4.78, 5) is 21.4. The van der Waals surface area contributed by atoms with Crippen molar-refractivity contribution in [1.29, 1.82) is 0 Å². The summed E-state index contributed by atoms with van der Waals surface area (Å²) in [5.74, 6) is 1.72. The van der Waals surface area contributed by atoms with Gasteiger partial charge in [-0.3, -0.25) is 14.1 Å². The second kappa shape index (κ2) is 16.7. The quantitative estimate of drug-likeness (QED) is 0.188. The summed E-state index contributed by atoms with van der Waals surface area (Å²) in [6, 6.07) is 32.1. The second-order valence-corrected chi connectivity index (χ2v) is 9.02. The Labute approximate surface area is 265 Å². The number of pyridine rings is 2. The van der Waals surface area contributed by atoms with E-state index in [0.29, 0.717) is 0 Å². The SMILES string of the molecule is Cc1cccc(-c2nccn2-c2ccccc2)n1.Cn1ccnc1.[Cl][Os].c1ccc(-n2ccnc2-c2ccccn2)cc1. The molecular weight excluding hydrogens is 734 g/mol. The number of aromatic nitrogens is 8. The van der Waals surface area contributed by atoms with Gasteiger partial charge >= 0.3 is 27.2 Å². The van der Waals surface area contributed by atoms with Crippen molar-refractivity contribution in [2.75, 3.05) is 0 Å². The Kier molecular flexibility index (Phi) is 12.1. The van der Waals surface area contributed by atoms with Crippen molar-refractivity contribution < 1.29 is 17.6 Å². The molecule has 10 heteroatoms. The van der Waals surface area contributed by atoms with Gasteiger partial charge in [-0.15, -0.1) is 0 Å². The van der Waals surface area contributed by atoms with Gasteiger partial charge in [0.1, 0.15) is 11.4 Å². The molecule has 5 heterocycles. The predicted molar refractivity (Wildman–Crippen MR) is 167 cm³/mol. The third kappa shape index (κ3) is 8.89. The molecule has 7 rings (SSSR count). The van der Waals surface area contributed by atoms with E-state index in [0.717, 1.165) is 40.1 Å².